The first kappa shape index (κ1) is 14.7. The fourth-order valence-electron chi connectivity index (χ4n) is 1.89. The second kappa shape index (κ2) is 7.88. The van der Waals surface area contributed by atoms with Crippen LogP contribution in [0.3, 0.4) is 0 Å². The van der Waals surface area contributed by atoms with E-state index >= 15 is 0 Å². The van der Waals surface area contributed by atoms with Crippen molar-refractivity contribution in [1.29, 1.82) is 0 Å². The van der Waals surface area contributed by atoms with Crippen LogP contribution in [0.5, 0.6) is 0 Å². The van der Waals surface area contributed by atoms with Crippen molar-refractivity contribution >= 4 is 11.6 Å². The van der Waals surface area contributed by atoms with Crippen LogP contribution in [0.4, 0.5) is 5.69 Å². The fraction of sp³-hybridized carbons (Fsp3) is 0.533. The first-order valence-corrected chi connectivity index (χ1v) is 6.76. The lowest BCUT2D eigenvalue weighted by Gasteiger charge is -2.21. The number of unbranched alkanes of at least 4 members (excludes halogenated alkanes) is 1. The molecule has 3 nitrogen and oxygen atoms in total. The van der Waals surface area contributed by atoms with E-state index in [1.165, 1.54) is 5.56 Å². The minimum absolute atomic E-state index is 0.138. The number of carbonyl (C=O) groups is 1. The number of likely N-dealkylation sites (N-methyl/N-ethyl adjacent to an activating group) is 1. The van der Waals surface area contributed by atoms with Gasteiger partial charge in [0, 0.05) is 12.2 Å². The number of anilines is 1. The number of rotatable bonds is 7. The molecule has 0 bridgehead atoms. The summed E-state index contributed by atoms with van der Waals surface area (Å²) in [6, 6.07) is 8.07. The standard InChI is InChI=1S/C15H24N2O/c1-4-6-10-16-12-15(18)17(5-2)14-9-7-8-13(3)11-14/h7-9,11,16H,4-6,10,12H2,1-3H3. The van der Waals surface area contributed by atoms with Crippen LogP contribution in [0.15, 0.2) is 24.3 Å². The summed E-state index contributed by atoms with van der Waals surface area (Å²) in [7, 11) is 0. The van der Waals surface area contributed by atoms with Gasteiger partial charge in [0.05, 0.1) is 6.54 Å². The van der Waals surface area contributed by atoms with Crippen molar-refractivity contribution in [2.45, 2.75) is 33.6 Å². The lowest BCUT2D eigenvalue weighted by atomic mass is 10.2. The number of carbonyl (C=O) groups excluding carboxylic acids is 1. The van der Waals surface area contributed by atoms with Crippen molar-refractivity contribution in [2.24, 2.45) is 0 Å². The number of hydrogen-bond donors (Lipinski definition) is 1. The van der Waals surface area contributed by atoms with Crippen molar-refractivity contribution in [3.05, 3.63) is 29.8 Å². The predicted molar refractivity (Wildman–Crippen MR) is 77.0 cm³/mol. The summed E-state index contributed by atoms with van der Waals surface area (Å²) < 4.78 is 0. The Morgan fingerprint density at radius 3 is 2.72 bits per heavy atom. The van der Waals surface area contributed by atoms with Crippen LogP contribution in [0.25, 0.3) is 0 Å². The van der Waals surface area contributed by atoms with Crippen molar-refractivity contribution in [3.63, 3.8) is 0 Å². The minimum Gasteiger partial charge on any atom is -0.312 e. The predicted octanol–water partition coefficient (Wildman–Crippen LogP) is 2.74. The third kappa shape index (κ3) is 4.49. The number of nitrogens with zero attached hydrogens (tertiary/aromatic N) is 1. The second-order valence-electron chi connectivity index (χ2n) is 4.51. The molecule has 3 heteroatoms. The first-order chi connectivity index (χ1) is 8.69. The smallest absolute Gasteiger partial charge is 0.240 e. The molecule has 1 rings (SSSR count). The molecule has 0 aliphatic carbocycles. The minimum atomic E-state index is 0.138. The van der Waals surface area contributed by atoms with E-state index in [2.05, 4.69) is 12.2 Å². The van der Waals surface area contributed by atoms with Crippen molar-refractivity contribution in [2.75, 3.05) is 24.5 Å². The van der Waals surface area contributed by atoms with E-state index in [0.29, 0.717) is 13.1 Å². The van der Waals surface area contributed by atoms with Crippen LogP contribution in [0.2, 0.25) is 0 Å². The summed E-state index contributed by atoms with van der Waals surface area (Å²) in [5.74, 6) is 0.138. The van der Waals surface area contributed by atoms with Gasteiger partial charge in [-0.05, 0) is 44.5 Å². The highest BCUT2D eigenvalue weighted by Gasteiger charge is 2.12. The Balaban J connectivity index is 2.57. The maximum absolute atomic E-state index is 12.1. The zero-order chi connectivity index (χ0) is 13.4. The zero-order valence-corrected chi connectivity index (χ0v) is 11.7. The van der Waals surface area contributed by atoms with Crippen molar-refractivity contribution in [3.8, 4) is 0 Å². The van der Waals surface area contributed by atoms with Gasteiger partial charge < -0.3 is 10.2 Å². The van der Waals surface area contributed by atoms with Gasteiger partial charge in [-0.1, -0.05) is 25.5 Å². The molecule has 18 heavy (non-hydrogen) atoms. The molecule has 0 radical (unpaired) electrons. The normalized spacial score (nSPS) is 10.4. The number of aryl methyl sites for hydroxylation is 1. The maximum atomic E-state index is 12.1. The van der Waals surface area contributed by atoms with E-state index in [1.807, 2.05) is 43.0 Å². The Morgan fingerprint density at radius 1 is 1.33 bits per heavy atom. The van der Waals surface area contributed by atoms with Gasteiger partial charge in [0.2, 0.25) is 5.91 Å². The fourth-order valence-corrected chi connectivity index (χ4v) is 1.89. The van der Waals surface area contributed by atoms with Gasteiger partial charge in [0.15, 0.2) is 0 Å². The van der Waals surface area contributed by atoms with E-state index in [-0.39, 0.29) is 5.91 Å². The van der Waals surface area contributed by atoms with Gasteiger partial charge in [0.1, 0.15) is 0 Å². The number of benzene rings is 1. The largest absolute Gasteiger partial charge is 0.312 e. The monoisotopic (exact) mass is 248 g/mol. The highest BCUT2D eigenvalue weighted by Crippen LogP contribution is 2.15. The van der Waals surface area contributed by atoms with Crippen LogP contribution in [0, 0.1) is 6.92 Å². The molecule has 0 fully saturated rings. The van der Waals surface area contributed by atoms with Crippen LogP contribution in [-0.2, 0) is 4.79 Å². The summed E-state index contributed by atoms with van der Waals surface area (Å²) in [4.78, 5) is 13.9. The molecule has 1 N–H and O–H groups in total. The molecule has 0 saturated carbocycles. The van der Waals surface area contributed by atoms with Crippen LogP contribution < -0.4 is 10.2 Å². The van der Waals surface area contributed by atoms with Gasteiger partial charge in [-0.25, -0.2) is 0 Å². The van der Waals surface area contributed by atoms with Crippen LogP contribution >= 0.6 is 0 Å². The molecule has 0 heterocycles. The maximum Gasteiger partial charge on any atom is 0.240 e. The molecule has 0 aliphatic heterocycles. The summed E-state index contributed by atoms with van der Waals surface area (Å²) in [5, 5.41) is 3.19. The van der Waals surface area contributed by atoms with E-state index in [9.17, 15) is 4.79 Å². The topological polar surface area (TPSA) is 32.3 Å². The summed E-state index contributed by atoms with van der Waals surface area (Å²) in [6.45, 7) is 8.23. The lowest BCUT2D eigenvalue weighted by molar-refractivity contribution is -0.117. The lowest BCUT2D eigenvalue weighted by Crippen LogP contribution is -2.38. The van der Waals surface area contributed by atoms with Crippen molar-refractivity contribution in [1.82, 2.24) is 5.32 Å². The number of hydrogen-bond acceptors (Lipinski definition) is 2. The molecule has 1 aromatic carbocycles. The summed E-state index contributed by atoms with van der Waals surface area (Å²) >= 11 is 0. The molecular weight excluding hydrogens is 224 g/mol. The third-order valence-corrected chi connectivity index (χ3v) is 2.91. The highest BCUT2D eigenvalue weighted by atomic mass is 16.2. The van der Waals surface area contributed by atoms with E-state index < -0.39 is 0 Å². The zero-order valence-electron chi connectivity index (χ0n) is 11.7. The molecule has 0 atom stereocenters. The molecule has 1 amide bonds. The third-order valence-electron chi connectivity index (χ3n) is 2.91. The van der Waals surface area contributed by atoms with E-state index in [4.69, 9.17) is 0 Å². The van der Waals surface area contributed by atoms with Gasteiger partial charge in [0.25, 0.3) is 0 Å². The molecule has 0 unspecified atom stereocenters. The molecule has 1 aromatic rings. The van der Waals surface area contributed by atoms with Gasteiger partial charge >= 0.3 is 0 Å². The Hall–Kier alpha value is -1.35. The average Bonchev–Trinajstić information content (AvgIpc) is 2.36. The SMILES string of the molecule is CCCCNCC(=O)N(CC)c1cccc(C)c1. The van der Waals surface area contributed by atoms with Crippen molar-refractivity contribution < 1.29 is 4.79 Å². The summed E-state index contributed by atoms with van der Waals surface area (Å²) in [6.07, 6.45) is 2.26. The molecule has 0 aromatic heterocycles. The molecule has 0 saturated heterocycles. The Morgan fingerprint density at radius 2 is 2.11 bits per heavy atom. The molecule has 0 aliphatic rings. The van der Waals surface area contributed by atoms with E-state index in [0.717, 1.165) is 25.1 Å². The van der Waals surface area contributed by atoms with Gasteiger partial charge in [-0.3, -0.25) is 4.79 Å². The second-order valence-corrected chi connectivity index (χ2v) is 4.51. The van der Waals surface area contributed by atoms with Gasteiger partial charge in [-0.2, -0.15) is 0 Å². The van der Waals surface area contributed by atoms with Crippen LogP contribution in [0.1, 0.15) is 32.3 Å². The highest BCUT2D eigenvalue weighted by molar-refractivity contribution is 5.94. The average molecular weight is 248 g/mol. The molecule has 100 valence electrons. The molecule has 0 spiro atoms. The van der Waals surface area contributed by atoms with Gasteiger partial charge in [-0.15, -0.1) is 0 Å². The van der Waals surface area contributed by atoms with Crippen LogP contribution in [-0.4, -0.2) is 25.5 Å². The molecular formula is C15H24N2O. The number of nitrogens with one attached hydrogen (secondary N) is 1. The first-order valence-electron chi connectivity index (χ1n) is 6.76. The summed E-state index contributed by atoms with van der Waals surface area (Å²) in [5.41, 5.74) is 2.16. The Bertz CT molecular complexity index is 377. The number of amides is 1. The Labute approximate surface area is 110 Å². The quantitative estimate of drug-likeness (QED) is 0.753. The Kier molecular flexibility index (Phi) is 6.44. The van der Waals surface area contributed by atoms with E-state index in [1.54, 1.807) is 0 Å².